The number of aliphatic carboxylic acids is 1. The fourth-order valence-electron chi connectivity index (χ4n) is 3.74. The van der Waals surface area contributed by atoms with Gasteiger partial charge >= 0.3 is 17.1 Å². The van der Waals surface area contributed by atoms with Gasteiger partial charge < -0.3 is 25.7 Å². The van der Waals surface area contributed by atoms with Crippen LogP contribution < -0.4 is 22.2 Å². The number of β-lactam (4-membered cyclic amide) rings is 1. The number of aromatic amines is 1. The number of H-pyrrole nitrogens is 1. The van der Waals surface area contributed by atoms with Crippen molar-refractivity contribution in [3.63, 3.8) is 0 Å². The molecule has 2 aromatic rings. The van der Waals surface area contributed by atoms with E-state index in [0.717, 1.165) is 32.6 Å². The largest absolute Gasteiger partial charge is 0.477 e. The Morgan fingerprint density at radius 2 is 2.15 bits per heavy atom. The fourth-order valence-corrected chi connectivity index (χ4v) is 6.36. The van der Waals surface area contributed by atoms with Crippen molar-refractivity contribution in [2.75, 3.05) is 32.3 Å². The van der Waals surface area contributed by atoms with Gasteiger partial charge in [-0.2, -0.15) is 0 Å². The van der Waals surface area contributed by atoms with E-state index in [1.54, 1.807) is 0 Å². The molecule has 2 unspecified atom stereocenters. The summed E-state index contributed by atoms with van der Waals surface area (Å²) in [4.78, 5) is 71.7. The van der Waals surface area contributed by atoms with Crippen LogP contribution in [0.15, 0.2) is 48.0 Å². The summed E-state index contributed by atoms with van der Waals surface area (Å²) in [7, 11) is 2.70. The molecule has 19 heteroatoms. The summed E-state index contributed by atoms with van der Waals surface area (Å²) >= 11 is 3.33. The zero-order chi connectivity index (χ0) is 29.0. The third-order valence-electron chi connectivity index (χ3n) is 5.53. The molecule has 0 bridgehead atoms. The first kappa shape index (κ1) is 29.1. The number of hydrogen-bond donors (Lipinski definition) is 4. The first-order chi connectivity index (χ1) is 19.2. The summed E-state index contributed by atoms with van der Waals surface area (Å²) < 4.78 is 6.11. The Morgan fingerprint density at radius 1 is 1.38 bits per heavy atom. The molecular formula is C21H22N8O8S3. The highest BCUT2D eigenvalue weighted by Gasteiger charge is 2.54. The van der Waals surface area contributed by atoms with Crippen LogP contribution in [0.2, 0.25) is 0 Å². The van der Waals surface area contributed by atoms with Gasteiger partial charge in [0.1, 0.15) is 29.9 Å². The van der Waals surface area contributed by atoms with Crippen molar-refractivity contribution < 1.29 is 29.1 Å². The fraction of sp³-hybridized carbons (Fsp3) is 0.333. The molecule has 2 atom stereocenters. The van der Waals surface area contributed by atoms with Gasteiger partial charge in [-0.1, -0.05) is 16.9 Å². The number of methoxy groups -OCH3 is 1. The van der Waals surface area contributed by atoms with Crippen molar-refractivity contribution in [1.29, 1.82) is 0 Å². The second kappa shape index (κ2) is 12.5. The zero-order valence-corrected chi connectivity index (χ0v) is 23.3. The lowest BCUT2D eigenvalue weighted by molar-refractivity contribution is -0.150. The number of nitrogens with zero attached hydrogens (tertiary/aromatic N) is 5. The number of nitrogens with two attached hydrogens (primary N) is 1. The summed E-state index contributed by atoms with van der Waals surface area (Å²) in [6.45, 7) is 0.255. The summed E-state index contributed by atoms with van der Waals surface area (Å²) in [5.41, 5.74) is 4.02. The Hall–Kier alpha value is -3.94. The number of fused-ring (bicyclic) bond motifs is 1. The lowest BCUT2D eigenvalue weighted by atomic mass is 10.0. The molecule has 2 aliphatic heterocycles. The number of carbonyl (C=O) groups is 3. The predicted molar refractivity (Wildman–Crippen MR) is 146 cm³/mol. The SMILES string of the molecule is COCCn1c(S/C=C/C2=C(C(=O)O)N3C(=O)C(NC(=O)/C(=N/OC)c4csc(N)n4)C3SC2)n[nH]c(=O)c1=O. The third kappa shape index (κ3) is 5.81. The van der Waals surface area contributed by atoms with E-state index < -0.39 is 40.3 Å². The molecule has 4 rings (SSSR count). The number of carboxylic acid groups (broad SMARTS) is 1. The van der Waals surface area contributed by atoms with Crippen molar-refractivity contribution in [1.82, 2.24) is 30.0 Å². The van der Waals surface area contributed by atoms with Gasteiger partial charge in [0.25, 0.3) is 11.8 Å². The number of thiazole rings is 1. The number of aromatic nitrogens is 4. The van der Waals surface area contributed by atoms with Gasteiger partial charge in [0.15, 0.2) is 16.0 Å². The van der Waals surface area contributed by atoms with Gasteiger partial charge in [-0.25, -0.2) is 14.9 Å². The Morgan fingerprint density at radius 3 is 2.80 bits per heavy atom. The number of carbonyl (C=O) groups excluding carboxylic acids is 2. The Kier molecular flexibility index (Phi) is 9.07. The standard InChI is InChI=1S/C21H22N8O8S3/c1-36-5-4-28-17(33)15(31)25-26-21(28)38-6-3-9-7-39-18-12(16(32)29(18)13(9)19(34)35)24-14(30)11(27-37-2)10-8-40-20(22)23-10/h3,6,8,12,18H,4-5,7H2,1-2H3,(H2,22,23)(H,24,30)(H,25,31)(H,34,35)/b6-3+,27-11+. The van der Waals surface area contributed by atoms with Crippen LogP contribution in [-0.4, -0.2) is 91.2 Å². The third-order valence-corrected chi connectivity index (χ3v) is 8.30. The molecule has 0 aliphatic carbocycles. The van der Waals surface area contributed by atoms with Gasteiger partial charge in [-0.15, -0.1) is 28.2 Å². The number of ether oxygens (including phenoxy) is 1. The van der Waals surface area contributed by atoms with Crippen molar-refractivity contribution in [3.05, 3.63) is 54.5 Å². The van der Waals surface area contributed by atoms with Crippen LogP contribution in [-0.2, 0) is 30.5 Å². The summed E-state index contributed by atoms with van der Waals surface area (Å²) in [6.07, 6.45) is 1.49. The van der Waals surface area contributed by atoms with E-state index in [4.69, 9.17) is 15.3 Å². The average Bonchev–Trinajstić information content (AvgIpc) is 3.36. The van der Waals surface area contributed by atoms with Crippen molar-refractivity contribution >= 4 is 63.5 Å². The number of allylic oxidation sites excluding steroid dienone is 1. The number of amides is 2. The molecule has 0 saturated carbocycles. The predicted octanol–water partition coefficient (Wildman–Crippen LogP) is -0.988. The Bertz CT molecular complexity index is 1540. The lowest BCUT2D eigenvalue weighted by Crippen LogP contribution is -2.71. The van der Waals surface area contributed by atoms with Crippen molar-refractivity contribution in [2.45, 2.75) is 23.1 Å². The van der Waals surface area contributed by atoms with Gasteiger partial charge in [-0.05, 0) is 17.1 Å². The van der Waals surface area contributed by atoms with Gasteiger partial charge in [-0.3, -0.25) is 28.6 Å². The number of hydrogen-bond acceptors (Lipinski definition) is 14. The average molecular weight is 611 g/mol. The molecule has 212 valence electrons. The van der Waals surface area contributed by atoms with E-state index >= 15 is 0 Å². The summed E-state index contributed by atoms with van der Waals surface area (Å²) in [6, 6.07) is -1.01. The highest BCUT2D eigenvalue weighted by atomic mass is 32.2. The number of anilines is 1. The molecule has 4 heterocycles. The van der Waals surface area contributed by atoms with Crippen LogP contribution in [0.3, 0.4) is 0 Å². The maximum absolute atomic E-state index is 13.0. The molecule has 40 heavy (non-hydrogen) atoms. The monoisotopic (exact) mass is 610 g/mol. The summed E-state index contributed by atoms with van der Waals surface area (Å²) in [5.74, 6) is -2.48. The van der Waals surface area contributed by atoms with E-state index in [-0.39, 0.29) is 46.3 Å². The minimum atomic E-state index is -1.33. The van der Waals surface area contributed by atoms with Crippen molar-refractivity contribution in [3.8, 4) is 0 Å². The highest BCUT2D eigenvalue weighted by molar-refractivity contribution is 8.02. The number of thioether (sulfide) groups is 2. The molecule has 1 fully saturated rings. The number of rotatable bonds is 11. The minimum Gasteiger partial charge on any atom is -0.477 e. The number of carboxylic acids is 1. The maximum atomic E-state index is 13.0. The smallest absolute Gasteiger partial charge is 0.352 e. The quantitative estimate of drug-likeness (QED) is 0.0789. The maximum Gasteiger partial charge on any atom is 0.352 e. The topological polar surface area (TPSA) is 224 Å². The zero-order valence-electron chi connectivity index (χ0n) is 20.9. The van der Waals surface area contributed by atoms with Crippen LogP contribution in [0.4, 0.5) is 5.13 Å². The van der Waals surface area contributed by atoms with E-state index in [2.05, 4.69) is 25.7 Å². The van der Waals surface area contributed by atoms with Crippen LogP contribution in [0.1, 0.15) is 5.69 Å². The molecule has 2 amide bonds. The summed E-state index contributed by atoms with van der Waals surface area (Å²) in [5, 5.41) is 24.9. The van der Waals surface area contributed by atoms with Gasteiger partial charge in [0.2, 0.25) is 0 Å². The van der Waals surface area contributed by atoms with Crippen LogP contribution in [0, 0.1) is 0 Å². The van der Waals surface area contributed by atoms with Gasteiger partial charge in [0.05, 0.1) is 13.2 Å². The van der Waals surface area contributed by atoms with Crippen LogP contribution in [0.25, 0.3) is 0 Å². The normalized spacial score (nSPS) is 19.0. The lowest BCUT2D eigenvalue weighted by Gasteiger charge is -2.49. The minimum absolute atomic E-state index is 0.0884. The number of oxime groups is 1. The Labute approximate surface area is 237 Å². The van der Waals surface area contributed by atoms with Crippen LogP contribution in [0.5, 0.6) is 0 Å². The molecule has 2 aliphatic rings. The molecule has 0 aromatic carbocycles. The van der Waals surface area contributed by atoms with E-state index in [9.17, 15) is 29.1 Å². The molecule has 0 spiro atoms. The molecule has 16 nitrogen and oxygen atoms in total. The molecule has 1 saturated heterocycles. The second-order valence-corrected chi connectivity index (χ2v) is 10.8. The van der Waals surface area contributed by atoms with Crippen LogP contribution >= 0.6 is 34.9 Å². The number of nitrogen functional groups attached to an aromatic ring is 1. The van der Waals surface area contributed by atoms with E-state index in [1.807, 2.05) is 0 Å². The Balaban J connectivity index is 1.51. The number of nitrogens with one attached hydrogen (secondary N) is 2. The highest BCUT2D eigenvalue weighted by Crippen LogP contribution is 2.41. The molecule has 5 N–H and O–H groups in total. The second-order valence-electron chi connectivity index (χ2n) is 7.94. The van der Waals surface area contributed by atoms with Gasteiger partial charge in [0, 0.05) is 18.2 Å². The molecule has 0 radical (unpaired) electrons. The van der Waals surface area contributed by atoms with E-state index in [1.165, 1.54) is 42.8 Å². The first-order valence-electron chi connectivity index (χ1n) is 11.2. The van der Waals surface area contributed by atoms with Crippen molar-refractivity contribution in [2.24, 2.45) is 5.16 Å². The van der Waals surface area contributed by atoms with E-state index in [0.29, 0.717) is 5.57 Å². The molecule has 2 aromatic heterocycles. The molecular weight excluding hydrogens is 588 g/mol. The first-order valence-corrected chi connectivity index (χ1v) is 14.0.